The van der Waals surface area contributed by atoms with Gasteiger partial charge in [0.2, 0.25) is 0 Å². The molecule has 170 valence electrons. The lowest BCUT2D eigenvalue weighted by Crippen LogP contribution is -2.17. The smallest absolute Gasteiger partial charge is 0.306 e. The molecule has 0 aromatic heterocycles. The third-order valence-electron chi connectivity index (χ3n) is 5.49. The van der Waals surface area contributed by atoms with E-state index < -0.39 is 11.9 Å². The zero-order valence-electron chi connectivity index (χ0n) is 18.3. The van der Waals surface area contributed by atoms with Crippen LogP contribution < -0.4 is 0 Å². The van der Waals surface area contributed by atoms with Crippen molar-refractivity contribution in [3.63, 3.8) is 0 Å². The number of aliphatic hydroxyl groups is 1. The molecular formula is C24H38O6. The highest BCUT2D eigenvalue weighted by Gasteiger charge is 2.29. The Morgan fingerprint density at radius 2 is 1.93 bits per heavy atom. The minimum atomic E-state index is -1.00. The monoisotopic (exact) mass is 422 g/mol. The molecule has 30 heavy (non-hydrogen) atoms. The lowest BCUT2D eigenvalue weighted by molar-refractivity contribution is -0.147. The summed E-state index contributed by atoms with van der Waals surface area (Å²) in [6.45, 7) is 2.46. The van der Waals surface area contributed by atoms with Crippen LogP contribution in [0.25, 0.3) is 0 Å². The zero-order valence-corrected chi connectivity index (χ0v) is 18.3. The van der Waals surface area contributed by atoms with E-state index in [9.17, 15) is 19.5 Å². The SMILES string of the molecule is CCCCC[C@H](O)CC[C@H]1C=CC(=O)[C@@H]1CC=CCCCCOC(=O)CCC(=O)O. The normalized spacial score (nSPS) is 19.5. The molecule has 3 atom stereocenters. The Balaban J connectivity index is 2.16. The summed E-state index contributed by atoms with van der Waals surface area (Å²) in [5, 5.41) is 18.6. The summed E-state index contributed by atoms with van der Waals surface area (Å²) in [5.74, 6) is -1.09. The second kappa shape index (κ2) is 15.8. The van der Waals surface area contributed by atoms with E-state index >= 15 is 0 Å². The van der Waals surface area contributed by atoms with Crippen molar-refractivity contribution < 1.29 is 29.3 Å². The number of allylic oxidation sites excluding steroid dienone is 4. The van der Waals surface area contributed by atoms with Gasteiger partial charge in [0.05, 0.1) is 25.6 Å². The molecule has 0 saturated heterocycles. The van der Waals surface area contributed by atoms with Crippen molar-refractivity contribution in [1.29, 1.82) is 0 Å². The van der Waals surface area contributed by atoms with Gasteiger partial charge in [0.15, 0.2) is 5.78 Å². The van der Waals surface area contributed by atoms with Crippen LogP contribution >= 0.6 is 0 Å². The van der Waals surface area contributed by atoms with Gasteiger partial charge in [-0.3, -0.25) is 14.4 Å². The van der Waals surface area contributed by atoms with Gasteiger partial charge in [0.1, 0.15) is 0 Å². The van der Waals surface area contributed by atoms with Crippen molar-refractivity contribution in [2.24, 2.45) is 11.8 Å². The minimum absolute atomic E-state index is 0.0146. The Bertz CT molecular complexity index is 580. The van der Waals surface area contributed by atoms with E-state index in [1.54, 1.807) is 6.08 Å². The molecule has 0 aromatic carbocycles. The molecule has 2 N–H and O–H groups in total. The summed E-state index contributed by atoms with van der Waals surface area (Å²) in [6, 6.07) is 0. The Morgan fingerprint density at radius 3 is 2.67 bits per heavy atom. The van der Waals surface area contributed by atoms with Crippen LogP contribution in [-0.4, -0.2) is 40.6 Å². The van der Waals surface area contributed by atoms with Gasteiger partial charge >= 0.3 is 11.9 Å². The summed E-state index contributed by atoms with van der Waals surface area (Å²) in [6.07, 6.45) is 16.2. The number of ketones is 1. The van der Waals surface area contributed by atoms with Crippen LogP contribution in [0, 0.1) is 11.8 Å². The third kappa shape index (κ3) is 11.9. The topological polar surface area (TPSA) is 101 Å². The Hall–Kier alpha value is -1.95. The number of esters is 1. The fourth-order valence-corrected chi connectivity index (χ4v) is 3.63. The molecule has 0 radical (unpaired) electrons. The molecule has 0 unspecified atom stereocenters. The number of carboxylic acid groups (broad SMARTS) is 1. The minimum Gasteiger partial charge on any atom is -0.481 e. The number of unbranched alkanes of at least 4 members (excludes halogenated alkanes) is 4. The number of aliphatic carboxylic acids is 1. The Kier molecular flexibility index (Phi) is 13.8. The maximum Gasteiger partial charge on any atom is 0.306 e. The lowest BCUT2D eigenvalue weighted by atomic mass is 9.86. The molecular weight excluding hydrogens is 384 g/mol. The molecule has 0 saturated carbocycles. The quantitative estimate of drug-likeness (QED) is 0.202. The van der Waals surface area contributed by atoms with E-state index in [1.807, 2.05) is 6.08 Å². The van der Waals surface area contributed by atoms with Crippen molar-refractivity contribution in [2.45, 2.75) is 90.1 Å². The van der Waals surface area contributed by atoms with Crippen LogP contribution in [-0.2, 0) is 19.1 Å². The van der Waals surface area contributed by atoms with E-state index in [4.69, 9.17) is 9.84 Å². The van der Waals surface area contributed by atoms with Crippen LogP contribution in [0.15, 0.2) is 24.3 Å². The highest BCUT2D eigenvalue weighted by Crippen LogP contribution is 2.30. The Labute approximate surface area is 180 Å². The van der Waals surface area contributed by atoms with Gasteiger partial charge in [0.25, 0.3) is 0 Å². The first-order valence-electron chi connectivity index (χ1n) is 11.4. The number of hydrogen-bond acceptors (Lipinski definition) is 5. The maximum absolute atomic E-state index is 12.1. The van der Waals surface area contributed by atoms with Crippen LogP contribution in [0.4, 0.5) is 0 Å². The molecule has 1 aliphatic rings. The zero-order chi connectivity index (χ0) is 22.2. The van der Waals surface area contributed by atoms with E-state index in [0.29, 0.717) is 13.0 Å². The number of ether oxygens (including phenoxy) is 1. The summed E-state index contributed by atoms with van der Waals surface area (Å²) in [7, 11) is 0. The van der Waals surface area contributed by atoms with Crippen LogP contribution in [0.1, 0.15) is 84.0 Å². The highest BCUT2D eigenvalue weighted by molar-refractivity contribution is 5.94. The van der Waals surface area contributed by atoms with Gasteiger partial charge in [-0.15, -0.1) is 0 Å². The fraction of sp³-hybridized carbons (Fsp3) is 0.708. The molecule has 0 spiro atoms. The summed E-state index contributed by atoms with van der Waals surface area (Å²) < 4.78 is 4.99. The second-order valence-electron chi connectivity index (χ2n) is 8.08. The van der Waals surface area contributed by atoms with Crippen molar-refractivity contribution in [2.75, 3.05) is 6.61 Å². The molecule has 0 heterocycles. The summed E-state index contributed by atoms with van der Waals surface area (Å²) in [4.78, 5) is 33.8. The number of carbonyl (C=O) groups excluding carboxylic acids is 2. The third-order valence-corrected chi connectivity index (χ3v) is 5.49. The summed E-state index contributed by atoms with van der Waals surface area (Å²) >= 11 is 0. The molecule has 1 aliphatic carbocycles. The Morgan fingerprint density at radius 1 is 1.13 bits per heavy atom. The summed E-state index contributed by atoms with van der Waals surface area (Å²) in [5.41, 5.74) is 0. The first-order valence-corrected chi connectivity index (χ1v) is 11.4. The average molecular weight is 423 g/mol. The number of carboxylic acids is 1. The highest BCUT2D eigenvalue weighted by atomic mass is 16.5. The van der Waals surface area contributed by atoms with Crippen LogP contribution in [0.3, 0.4) is 0 Å². The van der Waals surface area contributed by atoms with E-state index in [-0.39, 0.29) is 36.6 Å². The van der Waals surface area contributed by atoms with Crippen LogP contribution in [0.2, 0.25) is 0 Å². The van der Waals surface area contributed by atoms with Crippen molar-refractivity contribution in [3.05, 3.63) is 24.3 Å². The predicted molar refractivity (Wildman–Crippen MR) is 116 cm³/mol. The first-order chi connectivity index (χ1) is 14.4. The number of rotatable bonds is 17. The number of carbonyl (C=O) groups is 3. The number of aliphatic hydroxyl groups excluding tert-OH is 1. The van der Waals surface area contributed by atoms with Crippen molar-refractivity contribution >= 4 is 17.7 Å². The van der Waals surface area contributed by atoms with Gasteiger partial charge < -0.3 is 14.9 Å². The lowest BCUT2D eigenvalue weighted by Gasteiger charge is -2.18. The molecule has 0 amide bonds. The number of hydrogen-bond donors (Lipinski definition) is 2. The van der Waals surface area contributed by atoms with Gasteiger partial charge in [-0.25, -0.2) is 0 Å². The maximum atomic E-state index is 12.1. The molecule has 0 bridgehead atoms. The van der Waals surface area contributed by atoms with Gasteiger partial charge in [-0.05, 0) is 56.9 Å². The molecule has 0 aliphatic heterocycles. The predicted octanol–water partition coefficient (Wildman–Crippen LogP) is 4.60. The molecule has 6 nitrogen and oxygen atoms in total. The molecule has 1 rings (SSSR count). The fourth-order valence-electron chi connectivity index (χ4n) is 3.63. The van der Waals surface area contributed by atoms with E-state index in [1.165, 1.54) is 0 Å². The first kappa shape index (κ1) is 26.1. The van der Waals surface area contributed by atoms with Crippen molar-refractivity contribution in [3.8, 4) is 0 Å². The van der Waals surface area contributed by atoms with E-state index in [2.05, 4.69) is 19.1 Å². The van der Waals surface area contributed by atoms with Gasteiger partial charge in [-0.2, -0.15) is 0 Å². The van der Waals surface area contributed by atoms with Gasteiger partial charge in [-0.1, -0.05) is 44.4 Å². The second-order valence-corrected chi connectivity index (χ2v) is 8.08. The molecule has 6 heteroatoms. The van der Waals surface area contributed by atoms with Crippen LogP contribution in [0.5, 0.6) is 0 Å². The molecule has 0 fully saturated rings. The van der Waals surface area contributed by atoms with Crippen molar-refractivity contribution in [1.82, 2.24) is 0 Å². The van der Waals surface area contributed by atoms with E-state index in [0.717, 1.165) is 57.8 Å². The molecule has 0 aromatic rings. The standard InChI is InChI=1S/C24H38O6/c1-2-3-7-10-20(25)14-12-19-13-15-22(26)21(19)11-8-5-4-6-9-18-30-24(29)17-16-23(27)28/h5,8,13,15,19-21,25H,2-4,6-7,9-12,14,16-18H2,1H3,(H,27,28)/t19-,20-,21+/m0/s1. The largest absolute Gasteiger partial charge is 0.481 e. The average Bonchev–Trinajstić information content (AvgIpc) is 3.06. The van der Waals surface area contributed by atoms with Gasteiger partial charge in [0, 0.05) is 5.92 Å².